The number of fused-ring (bicyclic) bond motifs is 1. The van der Waals surface area contributed by atoms with E-state index in [0.717, 1.165) is 21.2 Å². The third-order valence-electron chi connectivity index (χ3n) is 4.15. The van der Waals surface area contributed by atoms with Crippen molar-refractivity contribution in [3.63, 3.8) is 0 Å². The first-order valence-electron chi connectivity index (χ1n) is 8.00. The van der Waals surface area contributed by atoms with Crippen LogP contribution in [0.3, 0.4) is 0 Å². The van der Waals surface area contributed by atoms with Crippen LogP contribution >= 0.6 is 15.9 Å². The number of hydrogen-bond acceptors (Lipinski definition) is 4. The second kappa shape index (κ2) is 6.92. The molecule has 0 amide bonds. The maximum absolute atomic E-state index is 12.6. The zero-order valence-corrected chi connectivity index (χ0v) is 15.9. The third kappa shape index (κ3) is 3.29. The van der Waals surface area contributed by atoms with Crippen LogP contribution in [0, 0.1) is 0 Å². The molecule has 5 heteroatoms. The number of carbonyl (C=O) groups is 1. The van der Waals surface area contributed by atoms with E-state index >= 15 is 0 Å². The average molecular weight is 403 g/mol. The van der Waals surface area contributed by atoms with E-state index in [1.54, 1.807) is 27.0 Å². The Bertz CT molecular complexity index is 826. The van der Waals surface area contributed by atoms with Crippen molar-refractivity contribution in [3.8, 4) is 11.5 Å². The Labute approximate surface area is 155 Å². The van der Waals surface area contributed by atoms with Gasteiger partial charge in [-0.1, -0.05) is 28.1 Å². The Hall–Kier alpha value is -2.27. The molecule has 1 aliphatic heterocycles. The first-order chi connectivity index (χ1) is 12.0. The molecule has 1 heterocycles. The maximum Gasteiger partial charge on any atom is 0.354 e. The summed E-state index contributed by atoms with van der Waals surface area (Å²) in [6.07, 6.45) is 1.96. The fraction of sp³-hybridized carbons (Fsp3) is 0.250. The fourth-order valence-corrected chi connectivity index (χ4v) is 3.09. The molecule has 130 valence electrons. The van der Waals surface area contributed by atoms with E-state index in [2.05, 4.69) is 15.9 Å². The van der Waals surface area contributed by atoms with E-state index in [4.69, 9.17) is 14.2 Å². The van der Waals surface area contributed by atoms with Gasteiger partial charge in [0.15, 0.2) is 0 Å². The van der Waals surface area contributed by atoms with E-state index in [9.17, 15) is 4.79 Å². The predicted molar refractivity (Wildman–Crippen MR) is 101 cm³/mol. The van der Waals surface area contributed by atoms with Crippen LogP contribution in [0.2, 0.25) is 0 Å². The molecule has 1 aliphatic rings. The minimum atomic E-state index is -1.20. The molecule has 2 aromatic carbocycles. The number of methoxy groups -OCH3 is 1. The van der Waals surface area contributed by atoms with Gasteiger partial charge in [-0.3, -0.25) is 0 Å². The topological polar surface area (TPSA) is 44.8 Å². The molecule has 1 atom stereocenters. The van der Waals surface area contributed by atoms with Crippen molar-refractivity contribution in [2.24, 2.45) is 0 Å². The summed E-state index contributed by atoms with van der Waals surface area (Å²) in [6.45, 7) is 3.82. The Morgan fingerprint density at radius 2 is 1.96 bits per heavy atom. The average Bonchev–Trinajstić information content (AvgIpc) is 2.89. The Morgan fingerprint density at radius 1 is 1.24 bits per heavy atom. The van der Waals surface area contributed by atoms with Crippen LogP contribution < -0.4 is 9.47 Å². The third-order valence-corrected chi connectivity index (χ3v) is 4.68. The highest BCUT2D eigenvalue weighted by Crippen LogP contribution is 2.47. The normalized spacial score (nSPS) is 20.1. The largest absolute Gasteiger partial charge is 0.497 e. The summed E-state index contributed by atoms with van der Waals surface area (Å²) in [5.74, 6) is 0.877. The molecule has 0 saturated heterocycles. The first kappa shape index (κ1) is 17.5. The number of hydrogen-bond donors (Lipinski definition) is 0. The zero-order chi connectivity index (χ0) is 18.0. The van der Waals surface area contributed by atoms with Crippen LogP contribution in [0.15, 0.2) is 46.9 Å². The maximum atomic E-state index is 12.6. The Balaban J connectivity index is 2.12. The molecule has 25 heavy (non-hydrogen) atoms. The van der Waals surface area contributed by atoms with E-state index in [1.165, 1.54) is 0 Å². The van der Waals surface area contributed by atoms with Crippen LogP contribution in [0.4, 0.5) is 0 Å². The molecule has 0 aromatic heterocycles. The van der Waals surface area contributed by atoms with Gasteiger partial charge < -0.3 is 14.2 Å². The smallest absolute Gasteiger partial charge is 0.354 e. The van der Waals surface area contributed by atoms with Crippen molar-refractivity contribution in [3.05, 3.63) is 58.1 Å². The summed E-state index contributed by atoms with van der Waals surface area (Å²) < 4.78 is 17.5. The van der Waals surface area contributed by atoms with Gasteiger partial charge in [-0.25, -0.2) is 4.79 Å². The second-order valence-electron chi connectivity index (χ2n) is 5.83. The highest BCUT2D eigenvalue weighted by atomic mass is 79.9. The molecule has 0 bridgehead atoms. The van der Waals surface area contributed by atoms with Crippen LogP contribution in [0.25, 0.3) is 11.6 Å². The molecule has 0 radical (unpaired) electrons. The van der Waals surface area contributed by atoms with Crippen molar-refractivity contribution in [1.82, 2.24) is 0 Å². The number of esters is 1. The predicted octanol–water partition coefficient (Wildman–Crippen LogP) is 4.71. The minimum Gasteiger partial charge on any atom is -0.497 e. The molecular formula is C20H19BrO4. The fourth-order valence-electron chi connectivity index (χ4n) is 2.83. The first-order valence-corrected chi connectivity index (χ1v) is 8.79. The van der Waals surface area contributed by atoms with Crippen molar-refractivity contribution in [2.45, 2.75) is 19.4 Å². The van der Waals surface area contributed by atoms with Crippen molar-refractivity contribution in [2.75, 3.05) is 13.7 Å². The highest BCUT2D eigenvalue weighted by molar-refractivity contribution is 9.10. The van der Waals surface area contributed by atoms with Gasteiger partial charge in [0, 0.05) is 21.7 Å². The number of carbonyl (C=O) groups excluding carboxylic acids is 1. The van der Waals surface area contributed by atoms with Gasteiger partial charge in [0.1, 0.15) is 11.5 Å². The van der Waals surface area contributed by atoms with Gasteiger partial charge >= 0.3 is 5.97 Å². The lowest BCUT2D eigenvalue weighted by atomic mass is 9.90. The van der Waals surface area contributed by atoms with E-state index < -0.39 is 11.6 Å². The quantitative estimate of drug-likeness (QED) is 0.694. The molecule has 4 nitrogen and oxygen atoms in total. The lowest BCUT2D eigenvalue weighted by molar-refractivity contribution is -0.154. The lowest BCUT2D eigenvalue weighted by Crippen LogP contribution is -2.40. The number of ether oxygens (including phenoxy) is 3. The molecule has 0 fully saturated rings. The SMILES string of the molecule is CCOC(=O)[C@@]1(C)Oc2cc(OC)ccc2/C1=C/c1ccc(Br)cc1. The van der Waals surface area contributed by atoms with Gasteiger partial charge in [-0.15, -0.1) is 0 Å². The molecule has 0 unspecified atom stereocenters. The van der Waals surface area contributed by atoms with Gasteiger partial charge in [0.05, 0.1) is 13.7 Å². The molecule has 0 N–H and O–H groups in total. The van der Waals surface area contributed by atoms with Crippen LogP contribution in [0.1, 0.15) is 25.0 Å². The summed E-state index contributed by atoms with van der Waals surface area (Å²) >= 11 is 3.43. The summed E-state index contributed by atoms with van der Waals surface area (Å²) in [6, 6.07) is 13.4. The van der Waals surface area contributed by atoms with Crippen LogP contribution in [-0.4, -0.2) is 25.3 Å². The monoisotopic (exact) mass is 402 g/mol. The number of rotatable bonds is 4. The molecule has 2 aromatic rings. The Morgan fingerprint density at radius 3 is 2.60 bits per heavy atom. The van der Waals surface area contributed by atoms with E-state index in [-0.39, 0.29) is 0 Å². The summed E-state index contributed by atoms with van der Waals surface area (Å²) in [5, 5.41) is 0. The van der Waals surface area contributed by atoms with Gasteiger partial charge in [0.25, 0.3) is 0 Å². The Kier molecular flexibility index (Phi) is 4.86. The number of halogens is 1. The zero-order valence-electron chi connectivity index (χ0n) is 14.3. The summed E-state index contributed by atoms with van der Waals surface area (Å²) in [5.41, 5.74) is 1.41. The summed E-state index contributed by atoms with van der Waals surface area (Å²) in [7, 11) is 1.60. The van der Waals surface area contributed by atoms with Gasteiger partial charge in [-0.05, 0) is 49.8 Å². The second-order valence-corrected chi connectivity index (χ2v) is 6.74. The molecule has 0 spiro atoms. The van der Waals surface area contributed by atoms with E-state index in [0.29, 0.717) is 18.1 Å². The molecular weight excluding hydrogens is 384 g/mol. The highest BCUT2D eigenvalue weighted by Gasteiger charge is 2.48. The van der Waals surface area contributed by atoms with Crippen LogP contribution in [-0.2, 0) is 9.53 Å². The number of benzene rings is 2. The van der Waals surface area contributed by atoms with Crippen molar-refractivity contribution < 1.29 is 19.0 Å². The van der Waals surface area contributed by atoms with Crippen LogP contribution in [0.5, 0.6) is 11.5 Å². The molecule has 0 saturated carbocycles. The summed E-state index contributed by atoms with van der Waals surface area (Å²) in [4.78, 5) is 12.6. The van der Waals surface area contributed by atoms with Crippen molar-refractivity contribution >= 4 is 33.5 Å². The molecule has 3 rings (SSSR count). The van der Waals surface area contributed by atoms with Crippen molar-refractivity contribution in [1.29, 1.82) is 0 Å². The molecule has 0 aliphatic carbocycles. The minimum absolute atomic E-state index is 0.295. The van der Waals surface area contributed by atoms with Gasteiger partial charge in [0.2, 0.25) is 5.60 Å². The van der Waals surface area contributed by atoms with E-state index in [1.807, 2.05) is 42.5 Å². The standard InChI is InChI=1S/C20H19BrO4/c1-4-24-19(22)20(2)17(11-13-5-7-14(21)8-6-13)16-10-9-15(23-3)12-18(16)25-20/h5-12H,4H2,1-3H3/b17-11-/t20-/m0/s1. The lowest BCUT2D eigenvalue weighted by Gasteiger charge is -2.23. The van der Waals surface area contributed by atoms with Gasteiger partial charge in [-0.2, -0.15) is 0 Å².